The first kappa shape index (κ1) is 16.7. The van der Waals surface area contributed by atoms with Crippen molar-refractivity contribution in [3.05, 3.63) is 68.9 Å². The lowest BCUT2D eigenvalue weighted by atomic mass is 10.4. The van der Waals surface area contributed by atoms with Crippen LogP contribution in [0, 0.1) is 0 Å². The van der Waals surface area contributed by atoms with Gasteiger partial charge in [-0.05, 0) is 30.5 Å². The molecule has 0 fully saturated rings. The molecule has 24 heavy (non-hydrogen) atoms. The number of thioether (sulfide) groups is 1. The number of aromatic nitrogens is 2. The quantitative estimate of drug-likeness (QED) is 0.735. The van der Waals surface area contributed by atoms with E-state index >= 15 is 0 Å². The Balaban J connectivity index is 1.58. The number of nitrogens with one attached hydrogen (secondary N) is 1. The van der Waals surface area contributed by atoms with Crippen LogP contribution in [0.2, 0.25) is 0 Å². The number of amides is 1. The smallest absolute Gasteiger partial charge is 0.258 e. The summed E-state index contributed by atoms with van der Waals surface area (Å²) in [6.07, 6.45) is 1.70. The summed E-state index contributed by atoms with van der Waals surface area (Å²) in [6.45, 7) is 2.42. The van der Waals surface area contributed by atoms with Gasteiger partial charge >= 0.3 is 0 Å². The summed E-state index contributed by atoms with van der Waals surface area (Å²) in [6, 6.07) is 10.9. The van der Waals surface area contributed by atoms with Gasteiger partial charge in [0.1, 0.15) is 5.65 Å². The van der Waals surface area contributed by atoms with Crippen molar-refractivity contribution in [2.24, 2.45) is 0 Å². The Bertz CT molecular complexity index is 890. The molecule has 0 aliphatic carbocycles. The van der Waals surface area contributed by atoms with Crippen molar-refractivity contribution in [3.63, 3.8) is 0 Å². The molecule has 3 heterocycles. The molecule has 0 spiro atoms. The Morgan fingerprint density at radius 2 is 2.25 bits per heavy atom. The van der Waals surface area contributed by atoms with Crippen molar-refractivity contribution in [1.82, 2.24) is 14.7 Å². The fourth-order valence-corrected chi connectivity index (χ4v) is 3.64. The molecule has 0 aromatic carbocycles. The monoisotopic (exact) mass is 359 g/mol. The van der Waals surface area contributed by atoms with Crippen LogP contribution in [0.5, 0.6) is 0 Å². The maximum Gasteiger partial charge on any atom is 0.258 e. The van der Waals surface area contributed by atoms with Crippen LogP contribution in [-0.4, -0.2) is 20.5 Å². The molecule has 0 saturated heterocycles. The van der Waals surface area contributed by atoms with Crippen molar-refractivity contribution >= 4 is 34.7 Å². The van der Waals surface area contributed by atoms with Crippen molar-refractivity contribution in [2.45, 2.75) is 24.5 Å². The molecular weight excluding hydrogens is 342 g/mol. The summed E-state index contributed by atoms with van der Waals surface area (Å²) in [7, 11) is 0. The van der Waals surface area contributed by atoms with Crippen molar-refractivity contribution in [3.8, 4) is 0 Å². The molecule has 1 amide bonds. The van der Waals surface area contributed by atoms with Gasteiger partial charge in [-0.1, -0.05) is 12.1 Å². The van der Waals surface area contributed by atoms with Crippen LogP contribution in [0.15, 0.2) is 52.8 Å². The van der Waals surface area contributed by atoms with E-state index in [0.717, 1.165) is 4.88 Å². The number of hydrogen-bond donors (Lipinski definition) is 1. The summed E-state index contributed by atoms with van der Waals surface area (Å²) in [5.41, 5.74) is 1.20. The van der Waals surface area contributed by atoms with E-state index in [1.54, 1.807) is 29.7 Å². The van der Waals surface area contributed by atoms with Gasteiger partial charge in [-0.2, -0.15) is 0 Å². The first-order valence-electron chi connectivity index (χ1n) is 7.52. The van der Waals surface area contributed by atoms with E-state index in [9.17, 15) is 9.59 Å². The highest BCUT2D eigenvalue weighted by atomic mass is 32.2. The lowest BCUT2D eigenvalue weighted by molar-refractivity contribution is -0.120. The maximum absolute atomic E-state index is 12.1. The largest absolute Gasteiger partial charge is 0.350 e. The molecule has 3 aromatic heterocycles. The van der Waals surface area contributed by atoms with Gasteiger partial charge in [0.25, 0.3) is 5.56 Å². The molecule has 1 unspecified atom stereocenters. The molecule has 124 valence electrons. The Kier molecular flexibility index (Phi) is 5.32. The molecule has 1 N–H and O–H groups in total. The number of thiophene rings is 1. The third-order valence-electron chi connectivity index (χ3n) is 3.49. The van der Waals surface area contributed by atoms with Gasteiger partial charge in [0.05, 0.1) is 17.5 Å². The molecule has 3 aromatic rings. The molecule has 1 atom stereocenters. The maximum atomic E-state index is 12.1. The molecule has 3 rings (SSSR count). The average molecular weight is 359 g/mol. The third-order valence-corrected chi connectivity index (χ3v) is 5.54. The van der Waals surface area contributed by atoms with Crippen LogP contribution in [-0.2, 0) is 17.1 Å². The zero-order chi connectivity index (χ0) is 16.9. The average Bonchev–Trinajstić information content (AvgIpc) is 3.11. The van der Waals surface area contributed by atoms with Crippen LogP contribution in [0.3, 0.4) is 0 Å². The van der Waals surface area contributed by atoms with E-state index in [1.807, 2.05) is 30.5 Å². The van der Waals surface area contributed by atoms with E-state index in [4.69, 9.17) is 0 Å². The first-order valence-corrected chi connectivity index (χ1v) is 9.45. The fourth-order valence-electron chi connectivity index (χ4n) is 2.19. The minimum atomic E-state index is -0.207. The Morgan fingerprint density at radius 1 is 1.38 bits per heavy atom. The number of nitrogens with zero attached hydrogens (tertiary/aromatic N) is 2. The predicted molar refractivity (Wildman–Crippen MR) is 98.4 cm³/mol. The van der Waals surface area contributed by atoms with Crippen LogP contribution in [0.25, 0.3) is 5.65 Å². The van der Waals surface area contributed by atoms with Gasteiger partial charge in [-0.3, -0.25) is 14.0 Å². The van der Waals surface area contributed by atoms with E-state index in [2.05, 4.69) is 10.3 Å². The number of carbonyl (C=O) groups excluding carboxylic acids is 1. The molecule has 5 nitrogen and oxygen atoms in total. The van der Waals surface area contributed by atoms with E-state index < -0.39 is 0 Å². The standard InChI is InChI=1S/C17H17N3O2S2/c1-12(17(22)18-10-14-5-4-8-23-14)24-11-13-9-16(21)20-7-3-2-6-15(20)19-13/h2-9,12H,10-11H2,1H3,(H,18,22). The molecular formula is C17H17N3O2S2. The van der Waals surface area contributed by atoms with Gasteiger partial charge in [0.15, 0.2) is 0 Å². The topological polar surface area (TPSA) is 63.5 Å². The first-order chi connectivity index (χ1) is 11.6. The third kappa shape index (κ3) is 4.04. The summed E-state index contributed by atoms with van der Waals surface area (Å²) in [5.74, 6) is 0.514. The number of rotatable bonds is 6. The molecule has 7 heteroatoms. The number of carbonyl (C=O) groups is 1. The number of hydrogen-bond acceptors (Lipinski definition) is 5. The van der Waals surface area contributed by atoms with Crippen LogP contribution < -0.4 is 10.9 Å². The number of fused-ring (bicyclic) bond motifs is 1. The van der Waals surface area contributed by atoms with Gasteiger partial charge in [0, 0.05) is 22.9 Å². The van der Waals surface area contributed by atoms with Crippen LogP contribution in [0.1, 0.15) is 17.5 Å². The van der Waals surface area contributed by atoms with Crippen LogP contribution >= 0.6 is 23.1 Å². The van der Waals surface area contributed by atoms with E-state index in [0.29, 0.717) is 23.6 Å². The summed E-state index contributed by atoms with van der Waals surface area (Å²) < 4.78 is 1.51. The van der Waals surface area contributed by atoms with Gasteiger partial charge < -0.3 is 5.32 Å². The number of pyridine rings is 1. The van der Waals surface area contributed by atoms with Crippen molar-refractivity contribution in [1.29, 1.82) is 0 Å². The molecule has 0 aliphatic heterocycles. The Labute approximate surface area is 147 Å². The molecule has 0 radical (unpaired) electrons. The normalized spacial score (nSPS) is 12.2. The zero-order valence-corrected chi connectivity index (χ0v) is 14.8. The summed E-state index contributed by atoms with van der Waals surface area (Å²) in [4.78, 5) is 29.8. The summed E-state index contributed by atoms with van der Waals surface area (Å²) >= 11 is 3.09. The van der Waals surface area contributed by atoms with Crippen molar-refractivity contribution in [2.75, 3.05) is 0 Å². The lowest BCUT2D eigenvalue weighted by Crippen LogP contribution is -2.30. The highest BCUT2D eigenvalue weighted by molar-refractivity contribution is 7.99. The second kappa shape index (κ2) is 7.63. The highest BCUT2D eigenvalue weighted by Crippen LogP contribution is 2.17. The van der Waals surface area contributed by atoms with Crippen LogP contribution in [0.4, 0.5) is 0 Å². The summed E-state index contributed by atoms with van der Waals surface area (Å²) in [5, 5.41) is 4.71. The molecule has 0 bridgehead atoms. The van der Waals surface area contributed by atoms with Gasteiger partial charge in [-0.15, -0.1) is 23.1 Å². The highest BCUT2D eigenvalue weighted by Gasteiger charge is 2.14. The minimum Gasteiger partial charge on any atom is -0.350 e. The van der Waals surface area contributed by atoms with E-state index in [-0.39, 0.29) is 16.7 Å². The SMILES string of the molecule is CC(SCc1cc(=O)n2ccccc2n1)C(=O)NCc1cccs1. The molecule has 0 aliphatic rings. The zero-order valence-electron chi connectivity index (χ0n) is 13.1. The predicted octanol–water partition coefficient (Wildman–Crippen LogP) is 2.69. The second-order valence-electron chi connectivity index (χ2n) is 5.26. The lowest BCUT2D eigenvalue weighted by Gasteiger charge is -2.11. The Morgan fingerprint density at radius 3 is 3.04 bits per heavy atom. The fraction of sp³-hybridized carbons (Fsp3) is 0.235. The Hall–Kier alpha value is -2.12. The van der Waals surface area contributed by atoms with Crippen molar-refractivity contribution < 1.29 is 4.79 Å². The second-order valence-corrected chi connectivity index (χ2v) is 7.63. The van der Waals surface area contributed by atoms with E-state index in [1.165, 1.54) is 22.2 Å². The van der Waals surface area contributed by atoms with Gasteiger partial charge in [0.2, 0.25) is 5.91 Å². The molecule has 0 saturated carbocycles. The minimum absolute atomic E-state index is 0.00842. The van der Waals surface area contributed by atoms with Gasteiger partial charge in [-0.25, -0.2) is 4.98 Å².